The number of nitrogens with zero attached hydrogens (tertiary/aromatic N) is 4. The van der Waals surface area contributed by atoms with E-state index in [1.165, 1.54) is 35.2 Å². The van der Waals surface area contributed by atoms with Crippen LogP contribution in [0.5, 0.6) is 0 Å². The number of rotatable bonds is 10. The fourth-order valence-electron chi connectivity index (χ4n) is 4.33. The normalized spacial score (nSPS) is 17.1. The smallest absolute Gasteiger partial charge is 0.0991 e. The average Bonchev–Trinajstić information content (AvgIpc) is 3.60. The van der Waals surface area contributed by atoms with Gasteiger partial charge in [0.25, 0.3) is 0 Å². The molecule has 6 heteroatoms. The molecule has 2 aliphatic rings. The maximum absolute atomic E-state index is 9.15. The number of benzene rings is 1. The molecule has 1 fully saturated rings. The summed E-state index contributed by atoms with van der Waals surface area (Å²) in [6, 6.07) is 6.13. The largest absolute Gasteiger partial charge is 0.324 e. The molecule has 0 amide bonds. The fourth-order valence-corrected chi connectivity index (χ4v) is 4.98. The molecule has 2 heterocycles. The van der Waals surface area contributed by atoms with E-state index in [-0.39, 0.29) is 0 Å². The van der Waals surface area contributed by atoms with Gasteiger partial charge in [0.05, 0.1) is 29.3 Å². The van der Waals surface area contributed by atoms with Crippen molar-refractivity contribution in [2.24, 2.45) is 5.92 Å². The number of nitriles is 1. The van der Waals surface area contributed by atoms with Crippen molar-refractivity contribution in [3.05, 3.63) is 94.3 Å². The van der Waals surface area contributed by atoms with Gasteiger partial charge in [-0.3, -0.25) is 9.40 Å². The number of aryl methyl sites for hydroxylation is 2. The maximum atomic E-state index is 9.15. The van der Waals surface area contributed by atoms with Crippen LogP contribution in [0.1, 0.15) is 61.8 Å². The predicted molar refractivity (Wildman–Crippen MR) is 144 cm³/mol. The summed E-state index contributed by atoms with van der Waals surface area (Å²) in [4.78, 5) is 3.38. The molecular weight excluding hydrogens is 450 g/mol. The van der Waals surface area contributed by atoms with Crippen LogP contribution in [0.15, 0.2) is 76.9 Å². The van der Waals surface area contributed by atoms with Crippen molar-refractivity contribution in [2.75, 3.05) is 0 Å². The Hall–Kier alpha value is -3.01. The van der Waals surface area contributed by atoms with Gasteiger partial charge in [-0.1, -0.05) is 25.5 Å². The molecular formula is C29H35N5S. The number of allylic oxidation sites excluding steroid dienone is 5. The van der Waals surface area contributed by atoms with Gasteiger partial charge in [0.1, 0.15) is 0 Å². The van der Waals surface area contributed by atoms with E-state index in [2.05, 4.69) is 85.3 Å². The molecule has 182 valence electrons. The van der Waals surface area contributed by atoms with Crippen molar-refractivity contribution in [1.82, 2.24) is 19.4 Å². The maximum Gasteiger partial charge on any atom is 0.0991 e. The average molecular weight is 486 g/mol. The molecule has 1 aromatic heterocycles. The number of hydrogen-bond donors (Lipinski definition) is 1. The molecule has 1 aliphatic carbocycles. The minimum Gasteiger partial charge on any atom is -0.324 e. The van der Waals surface area contributed by atoms with Gasteiger partial charge < -0.3 is 4.90 Å². The van der Waals surface area contributed by atoms with Crippen LogP contribution in [0.4, 0.5) is 0 Å². The lowest BCUT2D eigenvalue weighted by Crippen LogP contribution is -2.14. The molecule has 0 unspecified atom stereocenters. The molecule has 5 nitrogen and oxygen atoms in total. The van der Waals surface area contributed by atoms with Gasteiger partial charge in [0.15, 0.2) is 0 Å². The van der Waals surface area contributed by atoms with Crippen LogP contribution in [-0.2, 0) is 13.1 Å². The van der Waals surface area contributed by atoms with Crippen LogP contribution in [0, 0.1) is 31.1 Å². The third-order valence-corrected chi connectivity index (χ3v) is 7.10. The second kappa shape index (κ2) is 11.6. The molecule has 4 rings (SSSR count). The first kappa shape index (κ1) is 25.1. The summed E-state index contributed by atoms with van der Waals surface area (Å²) in [5, 5.41) is 13.7. The summed E-state index contributed by atoms with van der Waals surface area (Å²) in [5.41, 5.74) is 8.20. The second-order valence-corrected chi connectivity index (χ2v) is 10.5. The Morgan fingerprint density at radius 3 is 2.71 bits per heavy atom. The zero-order chi connectivity index (χ0) is 24.8. The van der Waals surface area contributed by atoms with Crippen molar-refractivity contribution in [3.63, 3.8) is 0 Å². The van der Waals surface area contributed by atoms with Gasteiger partial charge in [0, 0.05) is 30.8 Å². The molecule has 1 saturated carbocycles. The Labute approximate surface area is 214 Å². The van der Waals surface area contributed by atoms with E-state index in [0.29, 0.717) is 5.56 Å². The number of nitrogens with one attached hydrogen (secondary N) is 1. The lowest BCUT2D eigenvalue weighted by atomic mass is 10.00. The van der Waals surface area contributed by atoms with E-state index in [0.717, 1.165) is 47.9 Å². The van der Waals surface area contributed by atoms with E-state index < -0.39 is 0 Å². The van der Waals surface area contributed by atoms with E-state index in [9.17, 15) is 0 Å². The van der Waals surface area contributed by atoms with Crippen LogP contribution in [-0.4, -0.2) is 14.7 Å². The molecule has 0 saturated heterocycles. The molecule has 1 aliphatic heterocycles. The summed E-state index contributed by atoms with van der Waals surface area (Å²) < 4.78 is 5.45. The molecule has 0 radical (unpaired) electrons. The highest BCUT2D eigenvalue weighted by atomic mass is 32.2. The molecule has 0 bridgehead atoms. The van der Waals surface area contributed by atoms with Gasteiger partial charge in [-0.2, -0.15) is 10.4 Å². The Bertz CT molecular complexity index is 1200. The quantitative estimate of drug-likeness (QED) is 0.370. The highest BCUT2D eigenvalue weighted by Gasteiger charge is 2.26. The van der Waals surface area contributed by atoms with Crippen molar-refractivity contribution in [2.45, 2.75) is 71.4 Å². The summed E-state index contributed by atoms with van der Waals surface area (Å²) in [7, 11) is 0. The van der Waals surface area contributed by atoms with E-state index in [1.807, 2.05) is 23.0 Å². The third kappa shape index (κ3) is 6.78. The van der Waals surface area contributed by atoms with Crippen molar-refractivity contribution >= 4 is 11.9 Å². The zero-order valence-electron chi connectivity index (χ0n) is 21.2. The fraction of sp³-hybridized carbons (Fsp3) is 0.379. The predicted octanol–water partition coefficient (Wildman–Crippen LogP) is 6.92. The summed E-state index contributed by atoms with van der Waals surface area (Å²) in [6.45, 7) is 10.0. The monoisotopic (exact) mass is 485 g/mol. The number of aromatic nitrogens is 2. The van der Waals surface area contributed by atoms with Crippen LogP contribution in [0.3, 0.4) is 0 Å². The van der Waals surface area contributed by atoms with E-state index in [1.54, 1.807) is 11.9 Å². The second-order valence-electron chi connectivity index (χ2n) is 9.53. The molecule has 1 aromatic carbocycles. The van der Waals surface area contributed by atoms with E-state index in [4.69, 9.17) is 5.26 Å². The van der Waals surface area contributed by atoms with Gasteiger partial charge >= 0.3 is 0 Å². The molecule has 35 heavy (non-hydrogen) atoms. The van der Waals surface area contributed by atoms with Gasteiger partial charge in [-0.05, 0) is 104 Å². The Morgan fingerprint density at radius 2 is 2.03 bits per heavy atom. The number of unbranched alkanes of at least 4 members (excludes halogenated alkanes) is 1. The van der Waals surface area contributed by atoms with Gasteiger partial charge in [0.2, 0.25) is 0 Å². The SMILES string of the molecule is CCC/C=C1\C=CC(C2CC2)=CN1/C=C(\C)Cn1cc(SNCc2c(C)cc(C#N)cc2C)cn1. The summed E-state index contributed by atoms with van der Waals surface area (Å²) in [6.07, 6.45) is 20.3. The lowest BCUT2D eigenvalue weighted by molar-refractivity contribution is 0.599. The zero-order valence-corrected chi connectivity index (χ0v) is 22.0. The first-order valence-electron chi connectivity index (χ1n) is 12.4. The minimum absolute atomic E-state index is 0.717. The Morgan fingerprint density at radius 1 is 1.26 bits per heavy atom. The summed E-state index contributed by atoms with van der Waals surface area (Å²) in [5.74, 6) is 0.741. The molecule has 0 atom stereocenters. The molecule has 1 N–H and O–H groups in total. The van der Waals surface area contributed by atoms with Crippen LogP contribution >= 0.6 is 11.9 Å². The highest BCUT2D eigenvalue weighted by molar-refractivity contribution is 7.97. The number of hydrogen-bond acceptors (Lipinski definition) is 5. The van der Waals surface area contributed by atoms with Crippen LogP contribution < -0.4 is 4.72 Å². The highest BCUT2D eigenvalue weighted by Crippen LogP contribution is 2.39. The van der Waals surface area contributed by atoms with Crippen LogP contribution in [0.25, 0.3) is 0 Å². The van der Waals surface area contributed by atoms with Crippen molar-refractivity contribution in [3.8, 4) is 6.07 Å². The molecule has 0 spiro atoms. The first-order chi connectivity index (χ1) is 17.0. The summed E-state index contributed by atoms with van der Waals surface area (Å²) >= 11 is 1.59. The van der Waals surface area contributed by atoms with Crippen molar-refractivity contribution in [1.29, 1.82) is 5.26 Å². The molecule has 2 aromatic rings. The Kier molecular flexibility index (Phi) is 8.33. The van der Waals surface area contributed by atoms with Gasteiger partial charge in [-0.25, -0.2) is 0 Å². The minimum atomic E-state index is 0.717. The van der Waals surface area contributed by atoms with Crippen LogP contribution in [0.2, 0.25) is 0 Å². The lowest BCUT2D eigenvalue weighted by Gasteiger charge is -2.24. The Balaban J connectivity index is 1.35. The van der Waals surface area contributed by atoms with Gasteiger partial charge in [-0.15, -0.1) is 0 Å². The van der Waals surface area contributed by atoms with Crippen molar-refractivity contribution < 1.29 is 0 Å². The standard InChI is InChI=1S/C29H35N5S/c1-5-6-7-27-11-10-26(25-8-9-25)19-33(27)17-21(2)18-34-20-28(15-31-34)35-32-16-29-22(3)12-24(14-30)13-23(29)4/h7,10-13,15,17,19-20,25,32H,5-6,8-9,16,18H2,1-4H3/b21-17+,27-7+. The van der Waals surface area contributed by atoms with E-state index >= 15 is 0 Å². The third-order valence-electron chi connectivity index (χ3n) is 6.37. The topological polar surface area (TPSA) is 56.9 Å². The first-order valence-corrected chi connectivity index (χ1v) is 13.3.